The topological polar surface area (TPSA) is 102 Å². The monoisotopic (exact) mass is 556 g/mol. The first kappa shape index (κ1) is 26.7. The van der Waals surface area contributed by atoms with Gasteiger partial charge in [0.1, 0.15) is 11.7 Å². The van der Waals surface area contributed by atoms with Crippen LogP contribution in [-0.2, 0) is 17.8 Å². The van der Waals surface area contributed by atoms with Crippen molar-refractivity contribution in [1.82, 2.24) is 14.9 Å². The van der Waals surface area contributed by atoms with Crippen LogP contribution in [-0.4, -0.2) is 34.3 Å². The van der Waals surface area contributed by atoms with Gasteiger partial charge >= 0.3 is 5.97 Å². The summed E-state index contributed by atoms with van der Waals surface area (Å²) in [6.07, 6.45) is 3.40. The Bertz CT molecular complexity index is 1780. The third-order valence-electron chi connectivity index (χ3n) is 7.44. The minimum Gasteiger partial charge on any atom is -0.465 e. The summed E-state index contributed by atoms with van der Waals surface area (Å²) in [4.78, 5) is 43.7. The summed E-state index contributed by atoms with van der Waals surface area (Å²) in [6.45, 7) is 0.782. The van der Waals surface area contributed by atoms with E-state index in [2.05, 4.69) is 15.6 Å². The number of carbonyl (C=O) groups is 3. The van der Waals surface area contributed by atoms with Gasteiger partial charge in [-0.1, -0.05) is 66.7 Å². The molecule has 3 heterocycles. The van der Waals surface area contributed by atoms with Crippen LogP contribution in [0.25, 0.3) is 11.1 Å². The average Bonchev–Trinajstić information content (AvgIpc) is 3.38. The van der Waals surface area contributed by atoms with Gasteiger partial charge in [0.05, 0.1) is 19.2 Å². The summed E-state index contributed by atoms with van der Waals surface area (Å²) in [5, 5.41) is 6.40. The lowest BCUT2D eigenvalue weighted by atomic mass is 9.96. The van der Waals surface area contributed by atoms with Gasteiger partial charge in [0.25, 0.3) is 5.91 Å². The Hall–Kier alpha value is -5.50. The number of para-hydroxylation sites is 1. The summed E-state index contributed by atoms with van der Waals surface area (Å²) < 4.78 is 6.84. The van der Waals surface area contributed by atoms with Gasteiger partial charge in [0.2, 0.25) is 0 Å². The van der Waals surface area contributed by atoms with Gasteiger partial charge in [-0.25, -0.2) is 4.79 Å². The number of Topliss-reactive ketones (excluding diaryl/α,β-unsaturated/α-hetero) is 1. The Morgan fingerprint density at radius 2 is 1.71 bits per heavy atom. The minimum absolute atomic E-state index is 0.138. The van der Waals surface area contributed by atoms with Gasteiger partial charge in [0, 0.05) is 35.9 Å². The van der Waals surface area contributed by atoms with Crippen LogP contribution in [0, 0.1) is 0 Å². The molecule has 8 heteroatoms. The van der Waals surface area contributed by atoms with Crippen molar-refractivity contribution in [2.24, 2.45) is 0 Å². The van der Waals surface area contributed by atoms with Crippen LogP contribution in [0.4, 0.5) is 5.69 Å². The van der Waals surface area contributed by atoms with Gasteiger partial charge in [-0.3, -0.25) is 14.6 Å². The van der Waals surface area contributed by atoms with Crippen molar-refractivity contribution in [2.45, 2.75) is 19.1 Å². The standard InChI is InChI=1S/C34H28N4O4/c1-42-34(41)27-10-4-3-9-26(27)23-12-14-24(15-13-23)32(39)31-29-16-17-30(33(40)36-20-22-7-6-18-35-19-22)38(29)21-25-8-2-5-11-28(25)37-31/h2-19,31,37H,20-21H2,1H3,(H,36,40). The van der Waals surface area contributed by atoms with E-state index in [1.165, 1.54) is 7.11 Å². The molecular formula is C34H28N4O4. The van der Waals surface area contributed by atoms with Crippen molar-refractivity contribution >= 4 is 23.3 Å². The van der Waals surface area contributed by atoms with Crippen molar-refractivity contribution < 1.29 is 19.1 Å². The van der Waals surface area contributed by atoms with Gasteiger partial charge in [-0.2, -0.15) is 0 Å². The molecular weight excluding hydrogens is 528 g/mol. The Balaban J connectivity index is 1.32. The number of ketones is 1. The number of anilines is 1. The maximum Gasteiger partial charge on any atom is 0.338 e. The van der Waals surface area contributed by atoms with Crippen molar-refractivity contribution in [2.75, 3.05) is 12.4 Å². The van der Waals surface area contributed by atoms with Gasteiger partial charge in [-0.15, -0.1) is 0 Å². The fourth-order valence-corrected chi connectivity index (χ4v) is 5.29. The normalized spacial score (nSPS) is 13.6. The number of carbonyl (C=O) groups excluding carboxylic acids is 3. The van der Waals surface area contributed by atoms with E-state index in [0.717, 1.165) is 27.9 Å². The number of amides is 1. The van der Waals surface area contributed by atoms with E-state index in [0.29, 0.717) is 35.6 Å². The summed E-state index contributed by atoms with van der Waals surface area (Å²) in [6, 6.07) is 28.8. The highest BCUT2D eigenvalue weighted by molar-refractivity contribution is 6.03. The first-order valence-electron chi connectivity index (χ1n) is 13.6. The molecule has 1 atom stereocenters. The van der Waals surface area contributed by atoms with E-state index in [-0.39, 0.29) is 11.7 Å². The van der Waals surface area contributed by atoms with Crippen LogP contribution < -0.4 is 10.6 Å². The quantitative estimate of drug-likeness (QED) is 0.198. The van der Waals surface area contributed by atoms with Crippen LogP contribution in [0.5, 0.6) is 0 Å². The Kier molecular flexibility index (Phi) is 7.34. The molecule has 1 unspecified atom stereocenters. The lowest BCUT2D eigenvalue weighted by Gasteiger charge is -2.19. The molecule has 1 aliphatic rings. The molecule has 0 saturated heterocycles. The number of nitrogens with one attached hydrogen (secondary N) is 2. The van der Waals surface area contributed by atoms with Gasteiger partial charge in [-0.05, 0) is 52.6 Å². The predicted octanol–water partition coefficient (Wildman–Crippen LogP) is 5.66. The second-order valence-corrected chi connectivity index (χ2v) is 9.99. The molecule has 0 saturated carbocycles. The van der Waals surface area contributed by atoms with E-state index < -0.39 is 12.0 Å². The van der Waals surface area contributed by atoms with E-state index >= 15 is 0 Å². The highest BCUT2D eigenvalue weighted by Crippen LogP contribution is 2.33. The number of rotatable bonds is 7. The fraction of sp³-hybridized carbons (Fsp3) is 0.118. The number of fused-ring (bicyclic) bond motifs is 2. The Morgan fingerprint density at radius 1 is 0.929 bits per heavy atom. The third-order valence-corrected chi connectivity index (χ3v) is 7.44. The number of hydrogen-bond acceptors (Lipinski definition) is 6. The predicted molar refractivity (Wildman–Crippen MR) is 159 cm³/mol. The van der Waals surface area contributed by atoms with Crippen molar-refractivity contribution in [1.29, 1.82) is 0 Å². The van der Waals surface area contributed by atoms with E-state index in [1.54, 1.807) is 42.7 Å². The Morgan fingerprint density at radius 3 is 2.50 bits per heavy atom. The van der Waals surface area contributed by atoms with Crippen LogP contribution in [0.3, 0.4) is 0 Å². The SMILES string of the molecule is COC(=O)c1ccccc1-c1ccc(C(=O)C2Nc3ccccc3Cn3c(C(=O)NCc4cccnc4)ccc32)cc1. The van der Waals surface area contributed by atoms with E-state index in [4.69, 9.17) is 4.74 Å². The molecule has 0 fully saturated rings. The molecule has 5 aromatic rings. The van der Waals surface area contributed by atoms with E-state index in [9.17, 15) is 14.4 Å². The van der Waals surface area contributed by atoms with E-state index in [1.807, 2.05) is 71.3 Å². The third kappa shape index (κ3) is 5.17. The maximum atomic E-state index is 14.0. The Labute approximate surface area is 243 Å². The molecule has 0 aliphatic carbocycles. The molecule has 8 nitrogen and oxygen atoms in total. The molecule has 2 N–H and O–H groups in total. The molecule has 0 radical (unpaired) electrons. The number of methoxy groups -OCH3 is 1. The molecule has 208 valence electrons. The lowest BCUT2D eigenvalue weighted by Crippen LogP contribution is -2.27. The van der Waals surface area contributed by atoms with Crippen LogP contribution >= 0.6 is 0 Å². The van der Waals surface area contributed by atoms with Crippen molar-refractivity contribution in [3.63, 3.8) is 0 Å². The molecule has 0 spiro atoms. The zero-order valence-corrected chi connectivity index (χ0v) is 22.9. The highest BCUT2D eigenvalue weighted by atomic mass is 16.5. The molecule has 1 aliphatic heterocycles. The summed E-state index contributed by atoms with van der Waals surface area (Å²) in [5.41, 5.74) is 6.35. The summed E-state index contributed by atoms with van der Waals surface area (Å²) in [5.74, 6) is -0.793. The summed E-state index contributed by atoms with van der Waals surface area (Å²) >= 11 is 0. The highest BCUT2D eigenvalue weighted by Gasteiger charge is 2.31. The number of ether oxygens (including phenoxy) is 1. The smallest absolute Gasteiger partial charge is 0.338 e. The van der Waals surface area contributed by atoms with Gasteiger partial charge < -0.3 is 19.9 Å². The second-order valence-electron chi connectivity index (χ2n) is 9.99. The van der Waals surface area contributed by atoms with Crippen molar-refractivity contribution in [3.05, 3.63) is 143 Å². The van der Waals surface area contributed by atoms with Crippen LogP contribution in [0.15, 0.2) is 109 Å². The average molecular weight is 557 g/mol. The number of benzene rings is 3. The molecule has 0 bridgehead atoms. The van der Waals surface area contributed by atoms with Crippen LogP contribution in [0.2, 0.25) is 0 Å². The molecule has 1 amide bonds. The zero-order valence-electron chi connectivity index (χ0n) is 22.9. The number of hydrogen-bond donors (Lipinski definition) is 2. The second kappa shape index (κ2) is 11.5. The maximum absolute atomic E-state index is 14.0. The first-order chi connectivity index (χ1) is 20.5. The minimum atomic E-state index is -0.721. The molecule has 6 rings (SSSR count). The lowest BCUT2D eigenvalue weighted by molar-refractivity contribution is 0.0601. The number of esters is 1. The fourth-order valence-electron chi connectivity index (χ4n) is 5.29. The molecule has 2 aromatic heterocycles. The zero-order chi connectivity index (χ0) is 29.1. The van der Waals surface area contributed by atoms with Crippen molar-refractivity contribution in [3.8, 4) is 11.1 Å². The van der Waals surface area contributed by atoms with Crippen LogP contribution in [0.1, 0.15) is 54.1 Å². The number of nitrogens with zero attached hydrogens (tertiary/aromatic N) is 2. The summed E-state index contributed by atoms with van der Waals surface area (Å²) in [7, 11) is 1.35. The number of pyridine rings is 1. The number of aromatic nitrogens is 2. The van der Waals surface area contributed by atoms with Gasteiger partial charge in [0.15, 0.2) is 5.78 Å². The first-order valence-corrected chi connectivity index (χ1v) is 13.6. The largest absolute Gasteiger partial charge is 0.465 e. The molecule has 42 heavy (non-hydrogen) atoms. The molecule has 3 aromatic carbocycles.